The summed E-state index contributed by atoms with van der Waals surface area (Å²) in [6, 6.07) is 0. The second kappa shape index (κ2) is 1.49. The van der Waals surface area contributed by atoms with E-state index >= 15 is 0 Å². The first-order valence-electron chi connectivity index (χ1n) is 3.24. The predicted octanol–water partition coefficient (Wildman–Crippen LogP) is 1.36. The van der Waals surface area contributed by atoms with E-state index in [1.807, 2.05) is 20.8 Å². The van der Waals surface area contributed by atoms with E-state index in [9.17, 15) is 4.79 Å². The lowest BCUT2D eigenvalue weighted by Gasteiger charge is -1.99. The van der Waals surface area contributed by atoms with Crippen LogP contribution in [0.25, 0.3) is 0 Å². The summed E-state index contributed by atoms with van der Waals surface area (Å²) in [5, 5.41) is 8.65. The van der Waals surface area contributed by atoms with Gasteiger partial charge < -0.3 is 5.11 Å². The number of carbonyl (C=O) groups is 1. The van der Waals surface area contributed by atoms with Crippen LogP contribution >= 0.6 is 0 Å². The van der Waals surface area contributed by atoms with Gasteiger partial charge >= 0.3 is 5.97 Å². The highest BCUT2D eigenvalue weighted by atomic mass is 16.4. The number of rotatable bonds is 1. The van der Waals surface area contributed by atoms with Gasteiger partial charge in [-0.3, -0.25) is 4.79 Å². The lowest BCUT2D eigenvalue weighted by molar-refractivity contribution is -0.143. The van der Waals surface area contributed by atoms with E-state index in [1.54, 1.807) is 0 Å². The Kier molecular flexibility index (Phi) is 1.09. The molecule has 0 heterocycles. The molecule has 1 aliphatic carbocycles. The third-order valence-electron chi connectivity index (χ3n) is 2.99. The van der Waals surface area contributed by atoms with E-state index < -0.39 is 11.4 Å². The van der Waals surface area contributed by atoms with Crippen molar-refractivity contribution in [1.82, 2.24) is 0 Å². The van der Waals surface area contributed by atoms with Gasteiger partial charge in [-0.15, -0.1) is 0 Å². The molecule has 2 nitrogen and oxygen atoms in total. The fourth-order valence-corrected chi connectivity index (χ4v) is 1.37. The quantitative estimate of drug-likeness (QED) is 0.579. The minimum absolute atomic E-state index is 0.356. The zero-order valence-electron chi connectivity index (χ0n) is 6.01. The van der Waals surface area contributed by atoms with Gasteiger partial charge in [0.25, 0.3) is 0 Å². The van der Waals surface area contributed by atoms with Gasteiger partial charge in [-0.2, -0.15) is 0 Å². The summed E-state index contributed by atoms with van der Waals surface area (Å²) >= 11 is 0. The van der Waals surface area contributed by atoms with Gasteiger partial charge in [0.05, 0.1) is 5.41 Å². The van der Waals surface area contributed by atoms with Crippen molar-refractivity contribution in [3.05, 3.63) is 0 Å². The topological polar surface area (TPSA) is 37.3 Å². The van der Waals surface area contributed by atoms with Gasteiger partial charge in [0.1, 0.15) is 0 Å². The van der Waals surface area contributed by atoms with Gasteiger partial charge in [-0.1, -0.05) is 13.8 Å². The molecule has 52 valence electrons. The molecule has 0 radical (unpaired) electrons. The molecule has 0 amide bonds. The molecule has 0 aromatic rings. The van der Waals surface area contributed by atoms with E-state index in [0.717, 1.165) is 0 Å². The average molecular weight is 128 g/mol. The second-order valence-electron chi connectivity index (χ2n) is 3.17. The first-order chi connectivity index (χ1) is 4.01. The van der Waals surface area contributed by atoms with Crippen molar-refractivity contribution < 1.29 is 9.90 Å². The highest BCUT2D eigenvalue weighted by Crippen LogP contribution is 2.57. The van der Waals surface area contributed by atoms with Crippen molar-refractivity contribution in [1.29, 1.82) is 0 Å². The molecule has 0 aliphatic heterocycles. The van der Waals surface area contributed by atoms with Gasteiger partial charge in [0.2, 0.25) is 0 Å². The summed E-state index contributed by atoms with van der Waals surface area (Å²) in [6.07, 6.45) is 0. The van der Waals surface area contributed by atoms with Crippen molar-refractivity contribution >= 4 is 5.97 Å². The monoisotopic (exact) mass is 128 g/mol. The van der Waals surface area contributed by atoms with Crippen molar-refractivity contribution in [2.75, 3.05) is 0 Å². The fraction of sp³-hybridized carbons (Fsp3) is 0.857. The van der Waals surface area contributed by atoms with Crippen LogP contribution < -0.4 is 0 Å². The van der Waals surface area contributed by atoms with Crippen LogP contribution in [0.15, 0.2) is 0 Å². The Morgan fingerprint density at radius 1 is 1.44 bits per heavy atom. The number of aliphatic carboxylic acids is 1. The molecule has 1 rings (SSSR count). The molecule has 0 bridgehead atoms. The minimum atomic E-state index is -0.650. The van der Waals surface area contributed by atoms with E-state index in [1.165, 1.54) is 0 Å². The molecule has 1 unspecified atom stereocenters. The molecule has 0 aromatic heterocycles. The lowest BCUT2D eigenvalue weighted by atomic mass is 10.1. The van der Waals surface area contributed by atoms with Crippen LogP contribution in [0.1, 0.15) is 20.8 Å². The van der Waals surface area contributed by atoms with Gasteiger partial charge in [0.15, 0.2) is 0 Å². The van der Waals surface area contributed by atoms with E-state index in [-0.39, 0.29) is 0 Å². The normalized spacial score (nSPS) is 48.8. The SMILES string of the molecule is C[C@@H]1[C@H](C)C1(C)C(=O)O. The van der Waals surface area contributed by atoms with Gasteiger partial charge in [0, 0.05) is 0 Å². The smallest absolute Gasteiger partial charge is 0.309 e. The Morgan fingerprint density at radius 2 is 1.78 bits per heavy atom. The molecule has 0 spiro atoms. The Hall–Kier alpha value is -0.530. The molecule has 1 fully saturated rings. The van der Waals surface area contributed by atoms with Crippen LogP contribution in [0.2, 0.25) is 0 Å². The molecule has 0 saturated heterocycles. The molecule has 9 heavy (non-hydrogen) atoms. The third kappa shape index (κ3) is 0.590. The second-order valence-corrected chi connectivity index (χ2v) is 3.17. The van der Waals surface area contributed by atoms with E-state index in [4.69, 9.17) is 5.11 Å². The fourth-order valence-electron chi connectivity index (χ4n) is 1.37. The van der Waals surface area contributed by atoms with Crippen LogP contribution in [0.3, 0.4) is 0 Å². The van der Waals surface area contributed by atoms with Crippen molar-refractivity contribution in [3.8, 4) is 0 Å². The molecular formula is C7H12O2. The molecule has 1 aliphatic rings. The third-order valence-corrected chi connectivity index (χ3v) is 2.99. The summed E-state index contributed by atoms with van der Waals surface area (Å²) in [4.78, 5) is 10.5. The van der Waals surface area contributed by atoms with Crippen LogP contribution in [0.5, 0.6) is 0 Å². The summed E-state index contributed by atoms with van der Waals surface area (Å²) in [5.74, 6) is 0.0625. The van der Waals surface area contributed by atoms with Crippen LogP contribution in [-0.4, -0.2) is 11.1 Å². The molecular weight excluding hydrogens is 116 g/mol. The predicted molar refractivity (Wildman–Crippen MR) is 34.1 cm³/mol. The van der Waals surface area contributed by atoms with Crippen LogP contribution in [-0.2, 0) is 4.79 Å². The highest BCUT2D eigenvalue weighted by Gasteiger charge is 2.61. The van der Waals surface area contributed by atoms with Crippen LogP contribution in [0.4, 0.5) is 0 Å². The number of hydrogen-bond donors (Lipinski definition) is 1. The Morgan fingerprint density at radius 3 is 1.78 bits per heavy atom. The molecule has 0 aromatic carbocycles. The van der Waals surface area contributed by atoms with Crippen molar-refractivity contribution in [2.45, 2.75) is 20.8 Å². The zero-order chi connectivity index (χ0) is 7.23. The first-order valence-corrected chi connectivity index (χ1v) is 3.24. The Labute approximate surface area is 54.9 Å². The maximum atomic E-state index is 10.5. The van der Waals surface area contributed by atoms with Gasteiger partial charge in [-0.25, -0.2) is 0 Å². The first kappa shape index (κ1) is 6.59. The van der Waals surface area contributed by atoms with Gasteiger partial charge in [-0.05, 0) is 18.8 Å². The van der Waals surface area contributed by atoms with Crippen LogP contribution in [0, 0.1) is 17.3 Å². The maximum absolute atomic E-state index is 10.5. The number of carboxylic acid groups (broad SMARTS) is 1. The average Bonchev–Trinajstić information content (AvgIpc) is 2.22. The zero-order valence-corrected chi connectivity index (χ0v) is 6.01. The number of hydrogen-bond acceptors (Lipinski definition) is 1. The molecule has 1 saturated carbocycles. The Bertz CT molecular complexity index is 143. The lowest BCUT2D eigenvalue weighted by Crippen LogP contribution is -2.13. The Balaban J connectivity index is 2.71. The highest BCUT2D eigenvalue weighted by molar-refractivity contribution is 5.78. The number of carboxylic acids is 1. The summed E-state index contributed by atoms with van der Waals surface area (Å²) in [5.41, 5.74) is -0.417. The molecule has 2 heteroatoms. The minimum Gasteiger partial charge on any atom is -0.481 e. The molecule has 1 N–H and O–H groups in total. The van der Waals surface area contributed by atoms with E-state index in [2.05, 4.69) is 0 Å². The van der Waals surface area contributed by atoms with Crippen molar-refractivity contribution in [2.24, 2.45) is 17.3 Å². The standard InChI is InChI=1S/C7H12O2/c1-4-5(2)7(4,3)6(8)9/h4-5H,1-3H3,(H,8,9)/t4-,5+,7?. The maximum Gasteiger partial charge on any atom is 0.309 e. The summed E-state index contributed by atoms with van der Waals surface area (Å²) in [7, 11) is 0. The van der Waals surface area contributed by atoms with Crippen molar-refractivity contribution in [3.63, 3.8) is 0 Å². The molecule has 3 atom stereocenters. The summed E-state index contributed by atoms with van der Waals surface area (Å²) < 4.78 is 0. The summed E-state index contributed by atoms with van der Waals surface area (Å²) in [6.45, 7) is 5.78. The largest absolute Gasteiger partial charge is 0.481 e. The van der Waals surface area contributed by atoms with E-state index in [0.29, 0.717) is 11.8 Å².